The third-order valence-corrected chi connectivity index (χ3v) is 8.83. The van der Waals surface area contributed by atoms with Gasteiger partial charge in [-0.3, -0.25) is 9.59 Å². The lowest BCUT2D eigenvalue weighted by Crippen LogP contribution is -2.39. The molecule has 182 valence electrons. The second-order valence-corrected chi connectivity index (χ2v) is 11.7. The molecule has 2 amide bonds. The maximum absolute atomic E-state index is 13.0. The number of nitrogens with zero attached hydrogens (tertiary/aromatic N) is 2. The van der Waals surface area contributed by atoms with Crippen LogP contribution in [0, 0.1) is 5.92 Å². The van der Waals surface area contributed by atoms with Gasteiger partial charge in [0.05, 0.1) is 10.6 Å². The highest BCUT2D eigenvalue weighted by Gasteiger charge is 2.31. The highest BCUT2D eigenvalue weighted by molar-refractivity contribution is 7.91. The van der Waals surface area contributed by atoms with E-state index in [1.54, 1.807) is 23.1 Å². The Hall–Kier alpha value is -2.67. The minimum atomic E-state index is -3.58. The molecule has 0 spiro atoms. The Labute approximate surface area is 202 Å². The van der Waals surface area contributed by atoms with Gasteiger partial charge in [0, 0.05) is 37.7 Å². The predicted octanol–water partition coefficient (Wildman–Crippen LogP) is 4.02. The molecule has 0 saturated carbocycles. The van der Waals surface area contributed by atoms with Crippen LogP contribution < -0.4 is 4.90 Å². The van der Waals surface area contributed by atoms with E-state index in [2.05, 4.69) is 24.3 Å². The zero-order valence-electron chi connectivity index (χ0n) is 20.1. The predicted molar refractivity (Wildman–Crippen MR) is 134 cm³/mol. The molecule has 2 aromatic rings. The van der Waals surface area contributed by atoms with Crippen molar-refractivity contribution in [3.63, 3.8) is 0 Å². The summed E-state index contributed by atoms with van der Waals surface area (Å²) in [6.07, 6.45) is 3.97. The van der Waals surface area contributed by atoms with Crippen molar-refractivity contribution in [3.05, 3.63) is 59.7 Å². The fourth-order valence-corrected chi connectivity index (χ4v) is 6.46. The van der Waals surface area contributed by atoms with E-state index in [1.165, 1.54) is 5.56 Å². The van der Waals surface area contributed by atoms with Crippen LogP contribution in [0.15, 0.2) is 53.4 Å². The molecule has 1 atom stereocenters. The molecule has 0 N–H and O–H groups in total. The Morgan fingerprint density at radius 2 is 1.71 bits per heavy atom. The summed E-state index contributed by atoms with van der Waals surface area (Å²) >= 11 is 0. The number of hydrogen-bond acceptors (Lipinski definition) is 4. The van der Waals surface area contributed by atoms with E-state index in [1.807, 2.05) is 24.8 Å². The summed E-state index contributed by atoms with van der Waals surface area (Å²) in [7, 11) is -3.58. The molecule has 0 radical (unpaired) electrons. The molecule has 2 aliphatic rings. The van der Waals surface area contributed by atoms with Gasteiger partial charge in [-0.25, -0.2) is 8.42 Å². The van der Waals surface area contributed by atoms with Crippen LogP contribution in [-0.2, 0) is 32.3 Å². The van der Waals surface area contributed by atoms with Crippen LogP contribution >= 0.6 is 0 Å². The fourth-order valence-electron chi connectivity index (χ4n) is 5.18. The molecule has 1 unspecified atom stereocenters. The Morgan fingerprint density at radius 3 is 2.38 bits per heavy atom. The van der Waals surface area contributed by atoms with Gasteiger partial charge in [0.15, 0.2) is 9.84 Å². The number of carbonyl (C=O) groups excluding carboxylic acids is 2. The number of fused-ring (bicyclic) bond motifs is 1. The third kappa shape index (κ3) is 5.35. The molecule has 1 saturated heterocycles. The number of hydrogen-bond donors (Lipinski definition) is 0. The number of anilines is 1. The van der Waals surface area contributed by atoms with Gasteiger partial charge in [0.1, 0.15) is 0 Å². The van der Waals surface area contributed by atoms with Crippen molar-refractivity contribution in [2.24, 2.45) is 5.92 Å². The Balaban J connectivity index is 1.32. The number of carbonyl (C=O) groups is 2. The smallest absolute Gasteiger partial charge is 0.226 e. The molecule has 4 rings (SSSR count). The van der Waals surface area contributed by atoms with Crippen LogP contribution in [-0.4, -0.2) is 50.0 Å². The van der Waals surface area contributed by atoms with Crippen molar-refractivity contribution < 1.29 is 18.0 Å². The van der Waals surface area contributed by atoms with E-state index in [4.69, 9.17) is 0 Å². The standard InChI is InChI=1S/C27H34N2O4S/c1-3-26(30)29-20(2)17-23-19-24(9-10-25(23)29)34(32,33)16-13-27(31)28-14-11-22(12-15-28)18-21-7-5-4-6-8-21/h4-10,19-20,22H,3,11-18H2,1-2H3. The van der Waals surface area contributed by atoms with Crippen LogP contribution in [0.2, 0.25) is 0 Å². The summed E-state index contributed by atoms with van der Waals surface area (Å²) in [5, 5.41) is 0. The molecule has 2 heterocycles. The number of benzene rings is 2. The molecule has 6 nitrogen and oxygen atoms in total. The maximum atomic E-state index is 13.0. The molecule has 7 heteroatoms. The molecule has 2 aromatic carbocycles. The van der Waals surface area contributed by atoms with Gasteiger partial charge in [0.2, 0.25) is 11.8 Å². The van der Waals surface area contributed by atoms with Gasteiger partial charge < -0.3 is 9.80 Å². The van der Waals surface area contributed by atoms with Crippen molar-refractivity contribution in [1.29, 1.82) is 0 Å². The fraction of sp³-hybridized carbons (Fsp3) is 0.481. The first kappa shape index (κ1) is 24.5. The van der Waals surface area contributed by atoms with Gasteiger partial charge in [-0.05, 0) is 67.9 Å². The molecule has 0 aliphatic carbocycles. The van der Waals surface area contributed by atoms with Crippen molar-refractivity contribution >= 4 is 27.3 Å². The van der Waals surface area contributed by atoms with Crippen LogP contribution in [0.4, 0.5) is 5.69 Å². The van der Waals surface area contributed by atoms with Gasteiger partial charge in [0.25, 0.3) is 0 Å². The van der Waals surface area contributed by atoms with Gasteiger partial charge in [-0.1, -0.05) is 37.3 Å². The van der Waals surface area contributed by atoms with Gasteiger partial charge in [-0.15, -0.1) is 0 Å². The topological polar surface area (TPSA) is 74.8 Å². The average Bonchev–Trinajstić information content (AvgIpc) is 3.18. The molecule has 0 aromatic heterocycles. The second-order valence-electron chi connectivity index (χ2n) is 9.54. The summed E-state index contributed by atoms with van der Waals surface area (Å²) < 4.78 is 26.0. The summed E-state index contributed by atoms with van der Waals surface area (Å²) in [4.78, 5) is 28.8. The Kier molecular flexibility index (Phi) is 7.41. The van der Waals surface area contributed by atoms with Crippen LogP contribution in [0.25, 0.3) is 0 Å². The zero-order chi connectivity index (χ0) is 24.3. The Morgan fingerprint density at radius 1 is 1.00 bits per heavy atom. The molecule has 0 bridgehead atoms. The van der Waals surface area contributed by atoms with E-state index in [0.717, 1.165) is 30.5 Å². The van der Waals surface area contributed by atoms with Crippen LogP contribution in [0.3, 0.4) is 0 Å². The lowest BCUT2D eigenvalue weighted by atomic mass is 9.90. The van der Waals surface area contributed by atoms with Gasteiger partial charge >= 0.3 is 0 Å². The first-order chi connectivity index (χ1) is 16.3. The summed E-state index contributed by atoms with van der Waals surface area (Å²) in [5.41, 5.74) is 3.00. The zero-order valence-corrected chi connectivity index (χ0v) is 20.9. The molecule has 2 aliphatic heterocycles. The average molecular weight is 483 g/mol. The van der Waals surface area contributed by atoms with E-state index in [0.29, 0.717) is 31.8 Å². The number of likely N-dealkylation sites (tertiary alicyclic amines) is 1. The normalized spacial score (nSPS) is 18.7. The highest BCUT2D eigenvalue weighted by atomic mass is 32.2. The SMILES string of the molecule is CCC(=O)N1c2ccc(S(=O)(=O)CCC(=O)N3CCC(Cc4ccccc4)CC3)cc2CC1C. The largest absolute Gasteiger partial charge is 0.343 e. The van der Waals surface area contributed by atoms with E-state index >= 15 is 0 Å². The molecule has 1 fully saturated rings. The Bertz CT molecular complexity index is 1140. The third-order valence-electron chi connectivity index (χ3n) is 7.12. The minimum absolute atomic E-state index is 0.000379. The summed E-state index contributed by atoms with van der Waals surface area (Å²) in [6, 6.07) is 15.4. The lowest BCUT2D eigenvalue weighted by Gasteiger charge is -2.32. The monoisotopic (exact) mass is 482 g/mol. The quantitative estimate of drug-likeness (QED) is 0.597. The van der Waals surface area contributed by atoms with Crippen molar-refractivity contribution in [1.82, 2.24) is 4.90 Å². The van der Waals surface area contributed by atoms with Crippen LogP contribution in [0.5, 0.6) is 0 Å². The second kappa shape index (κ2) is 10.3. The number of sulfone groups is 1. The van der Waals surface area contributed by atoms with Crippen molar-refractivity contribution in [2.75, 3.05) is 23.7 Å². The molecular weight excluding hydrogens is 448 g/mol. The number of rotatable bonds is 7. The maximum Gasteiger partial charge on any atom is 0.226 e. The minimum Gasteiger partial charge on any atom is -0.343 e. The molecule has 34 heavy (non-hydrogen) atoms. The first-order valence-corrected chi connectivity index (χ1v) is 13.9. The van der Waals surface area contributed by atoms with Crippen molar-refractivity contribution in [2.45, 2.75) is 63.3 Å². The first-order valence-electron chi connectivity index (χ1n) is 12.3. The molecular formula is C27H34N2O4S. The van der Waals surface area contributed by atoms with Gasteiger partial charge in [-0.2, -0.15) is 0 Å². The lowest BCUT2D eigenvalue weighted by molar-refractivity contribution is -0.132. The van der Waals surface area contributed by atoms with E-state index in [9.17, 15) is 18.0 Å². The van der Waals surface area contributed by atoms with E-state index < -0.39 is 9.84 Å². The highest BCUT2D eigenvalue weighted by Crippen LogP contribution is 2.34. The summed E-state index contributed by atoms with van der Waals surface area (Å²) in [6.45, 7) is 5.18. The van der Waals surface area contributed by atoms with E-state index in [-0.39, 0.29) is 34.9 Å². The summed E-state index contributed by atoms with van der Waals surface area (Å²) in [5.74, 6) is 0.321. The van der Waals surface area contributed by atoms with Crippen molar-refractivity contribution in [3.8, 4) is 0 Å². The van der Waals surface area contributed by atoms with Crippen LogP contribution in [0.1, 0.15) is 50.7 Å². The number of amides is 2. The number of piperidine rings is 1.